The molecule has 1 aromatic carbocycles. The summed E-state index contributed by atoms with van der Waals surface area (Å²) in [6.07, 6.45) is 1.71. The van der Waals surface area contributed by atoms with Gasteiger partial charge in [0.15, 0.2) is 5.60 Å². The summed E-state index contributed by atoms with van der Waals surface area (Å²) in [7, 11) is 0. The summed E-state index contributed by atoms with van der Waals surface area (Å²) in [5.74, 6) is 0.641. The van der Waals surface area contributed by atoms with Crippen LogP contribution in [0.25, 0.3) is 0 Å². The van der Waals surface area contributed by atoms with E-state index in [2.05, 4.69) is 6.58 Å². The molecule has 4 nitrogen and oxygen atoms in total. The van der Waals surface area contributed by atoms with Crippen molar-refractivity contribution < 1.29 is 9.53 Å². The van der Waals surface area contributed by atoms with E-state index in [1.54, 1.807) is 24.8 Å². The van der Waals surface area contributed by atoms with Crippen molar-refractivity contribution in [2.75, 3.05) is 11.4 Å². The van der Waals surface area contributed by atoms with E-state index in [4.69, 9.17) is 10.5 Å². The molecule has 0 fully saturated rings. The first kappa shape index (κ1) is 12.6. The molecule has 0 radical (unpaired) electrons. The van der Waals surface area contributed by atoms with Crippen LogP contribution in [0.4, 0.5) is 5.69 Å². The molecule has 4 heteroatoms. The van der Waals surface area contributed by atoms with Crippen LogP contribution in [0.3, 0.4) is 0 Å². The number of anilines is 1. The number of fused-ring (bicyclic) bond motifs is 1. The summed E-state index contributed by atoms with van der Waals surface area (Å²) < 4.78 is 5.74. The number of ether oxygens (including phenoxy) is 1. The van der Waals surface area contributed by atoms with Crippen molar-refractivity contribution in [2.24, 2.45) is 5.73 Å². The van der Waals surface area contributed by atoms with E-state index in [1.165, 1.54) is 0 Å². The first-order chi connectivity index (χ1) is 8.49. The molecule has 0 spiro atoms. The quantitative estimate of drug-likeness (QED) is 0.828. The van der Waals surface area contributed by atoms with Crippen molar-refractivity contribution in [2.45, 2.75) is 26.0 Å². The molecule has 0 saturated heterocycles. The number of hydrogen-bond acceptors (Lipinski definition) is 3. The maximum atomic E-state index is 12.3. The summed E-state index contributed by atoms with van der Waals surface area (Å²) in [6, 6.07) is 5.67. The third kappa shape index (κ3) is 1.99. The van der Waals surface area contributed by atoms with Gasteiger partial charge < -0.3 is 15.4 Å². The highest BCUT2D eigenvalue weighted by atomic mass is 16.5. The average Bonchev–Trinajstić information content (AvgIpc) is 2.34. The lowest BCUT2D eigenvalue weighted by Gasteiger charge is -2.38. The lowest BCUT2D eigenvalue weighted by atomic mass is 10.0. The normalized spacial score (nSPS) is 17.1. The number of nitrogens with two attached hydrogens (primary N) is 1. The highest BCUT2D eigenvalue weighted by Gasteiger charge is 2.40. The molecule has 0 saturated carbocycles. The topological polar surface area (TPSA) is 55.6 Å². The molecule has 2 N–H and O–H groups in total. The van der Waals surface area contributed by atoms with Crippen LogP contribution >= 0.6 is 0 Å². The summed E-state index contributed by atoms with van der Waals surface area (Å²) in [4.78, 5) is 14.0. The Kier molecular flexibility index (Phi) is 3.13. The zero-order chi connectivity index (χ0) is 13.3. The molecule has 0 bridgehead atoms. The lowest BCUT2D eigenvalue weighted by Crippen LogP contribution is -2.52. The Morgan fingerprint density at radius 3 is 2.83 bits per heavy atom. The van der Waals surface area contributed by atoms with Crippen LogP contribution in [-0.4, -0.2) is 18.1 Å². The summed E-state index contributed by atoms with van der Waals surface area (Å²) in [5, 5.41) is 0. The van der Waals surface area contributed by atoms with Gasteiger partial charge in [0.1, 0.15) is 5.75 Å². The summed E-state index contributed by atoms with van der Waals surface area (Å²) in [5.41, 5.74) is 6.52. The van der Waals surface area contributed by atoms with Gasteiger partial charge in [0.25, 0.3) is 5.91 Å². The molecule has 1 aliphatic heterocycles. The molecule has 18 heavy (non-hydrogen) atoms. The SMILES string of the molecule is C=CCN1C(=O)C(C)(C)Oc2ccc(CN)cc21. The van der Waals surface area contributed by atoms with Crippen molar-refractivity contribution in [1.82, 2.24) is 0 Å². The minimum Gasteiger partial charge on any atom is -0.476 e. The fourth-order valence-electron chi connectivity index (χ4n) is 2.05. The van der Waals surface area contributed by atoms with Crippen LogP contribution in [-0.2, 0) is 11.3 Å². The predicted octanol–water partition coefficient (Wildman–Crippen LogP) is 1.84. The van der Waals surface area contributed by atoms with Crippen LogP contribution in [0.1, 0.15) is 19.4 Å². The molecule has 0 atom stereocenters. The Balaban J connectivity index is 2.52. The molecule has 1 aromatic rings. The van der Waals surface area contributed by atoms with Crippen molar-refractivity contribution in [3.63, 3.8) is 0 Å². The van der Waals surface area contributed by atoms with Gasteiger partial charge in [-0.05, 0) is 31.5 Å². The second-order valence-corrected chi connectivity index (χ2v) is 4.82. The Morgan fingerprint density at radius 2 is 2.22 bits per heavy atom. The minimum absolute atomic E-state index is 0.0657. The van der Waals surface area contributed by atoms with E-state index in [0.29, 0.717) is 18.8 Å². The van der Waals surface area contributed by atoms with Crippen LogP contribution in [0.5, 0.6) is 5.75 Å². The highest BCUT2D eigenvalue weighted by molar-refractivity contribution is 6.02. The number of amides is 1. The largest absolute Gasteiger partial charge is 0.476 e. The lowest BCUT2D eigenvalue weighted by molar-refractivity contribution is -0.132. The molecule has 1 amide bonds. The van der Waals surface area contributed by atoms with Gasteiger partial charge >= 0.3 is 0 Å². The fourth-order valence-corrected chi connectivity index (χ4v) is 2.05. The number of carbonyl (C=O) groups is 1. The van der Waals surface area contributed by atoms with Gasteiger partial charge in [0.05, 0.1) is 5.69 Å². The third-order valence-electron chi connectivity index (χ3n) is 2.99. The molecular weight excluding hydrogens is 228 g/mol. The monoisotopic (exact) mass is 246 g/mol. The first-order valence-electron chi connectivity index (χ1n) is 5.94. The van der Waals surface area contributed by atoms with Gasteiger partial charge in [0.2, 0.25) is 0 Å². The Morgan fingerprint density at radius 1 is 1.50 bits per heavy atom. The second-order valence-electron chi connectivity index (χ2n) is 4.82. The van der Waals surface area contributed by atoms with E-state index in [1.807, 2.05) is 18.2 Å². The number of rotatable bonds is 3. The van der Waals surface area contributed by atoms with Crippen molar-refractivity contribution in [3.05, 3.63) is 36.4 Å². The van der Waals surface area contributed by atoms with Gasteiger partial charge in [-0.25, -0.2) is 0 Å². The van der Waals surface area contributed by atoms with Gasteiger partial charge in [-0.1, -0.05) is 12.1 Å². The molecule has 0 aliphatic carbocycles. The maximum absolute atomic E-state index is 12.3. The van der Waals surface area contributed by atoms with E-state index in [9.17, 15) is 4.79 Å². The highest BCUT2D eigenvalue weighted by Crippen LogP contribution is 2.38. The third-order valence-corrected chi connectivity index (χ3v) is 2.99. The molecular formula is C14H18N2O2. The summed E-state index contributed by atoms with van der Waals surface area (Å²) in [6.45, 7) is 8.13. The standard InChI is InChI=1S/C14H18N2O2/c1-4-7-16-11-8-10(9-15)5-6-12(11)18-14(2,3)13(16)17/h4-6,8H,1,7,9,15H2,2-3H3. The number of carbonyl (C=O) groups excluding carboxylic acids is 1. The molecule has 0 unspecified atom stereocenters. The smallest absolute Gasteiger partial charge is 0.270 e. The van der Waals surface area contributed by atoms with Crippen molar-refractivity contribution in [1.29, 1.82) is 0 Å². The van der Waals surface area contributed by atoms with Crippen molar-refractivity contribution >= 4 is 11.6 Å². The zero-order valence-corrected chi connectivity index (χ0v) is 10.8. The van der Waals surface area contributed by atoms with E-state index in [0.717, 1.165) is 11.3 Å². The number of nitrogens with zero attached hydrogens (tertiary/aromatic N) is 1. The first-order valence-corrected chi connectivity index (χ1v) is 5.94. The molecule has 2 rings (SSSR count). The Bertz CT molecular complexity index is 495. The van der Waals surface area contributed by atoms with Crippen molar-refractivity contribution in [3.8, 4) is 5.75 Å². The molecule has 96 valence electrons. The predicted molar refractivity (Wildman–Crippen MR) is 71.6 cm³/mol. The number of benzene rings is 1. The Labute approximate surface area is 107 Å². The van der Waals surface area contributed by atoms with Gasteiger partial charge in [0, 0.05) is 13.1 Å². The summed E-state index contributed by atoms with van der Waals surface area (Å²) >= 11 is 0. The minimum atomic E-state index is -0.847. The van der Waals surface area contributed by atoms with E-state index in [-0.39, 0.29) is 5.91 Å². The molecule has 0 aromatic heterocycles. The van der Waals surface area contributed by atoms with Gasteiger partial charge in [-0.3, -0.25) is 4.79 Å². The van der Waals surface area contributed by atoms with E-state index < -0.39 is 5.60 Å². The second kappa shape index (κ2) is 4.46. The fraction of sp³-hybridized carbons (Fsp3) is 0.357. The van der Waals surface area contributed by atoms with Gasteiger partial charge in [-0.15, -0.1) is 6.58 Å². The van der Waals surface area contributed by atoms with Gasteiger partial charge in [-0.2, -0.15) is 0 Å². The Hall–Kier alpha value is -1.81. The van der Waals surface area contributed by atoms with Crippen LogP contribution in [0.2, 0.25) is 0 Å². The average molecular weight is 246 g/mol. The van der Waals surface area contributed by atoms with E-state index >= 15 is 0 Å². The number of hydrogen-bond donors (Lipinski definition) is 1. The van der Waals surface area contributed by atoms with Crippen LogP contribution in [0, 0.1) is 0 Å². The molecule has 1 heterocycles. The van der Waals surface area contributed by atoms with Crippen LogP contribution in [0.15, 0.2) is 30.9 Å². The zero-order valence-electron chi connectivity index (χ0n) is 10.8. The maximum Gasteiger partial charge on any atom is 0.270 e. The molecule has 1 aliphatic rings. The van der Waals surface area contributed by atoms with Crippen LogP contribution < -0.4 is 15.4 Å².